The topological polar surface area (TPSA) is 69.6 Å². The number of terminal acetylenes is 1. The number of hydrogen-bond donors (Lipinski definition) is 2. The van der Waals surface area contributed by atoms with Gasteiger partial charge in [0.1, 0.15) is 5.54 Å². The largest absolute Gasteiger partial charge is 0.480 e. The Labute approximate surface area is 108 Å². The minimum atomic E-state index is -1.10. The van der Waals surface area contributed by atoms with Gasteiger partial charge in [-0.15, -0.1) is 6.42 Å². The van der Waals surface area contributed by atoms with Gasteiger partial charge >= 0.3 is 12.0 Å². The molecule has 0 aromatic heterocycles. The minimum absolute atomic E-state index is 0.204. The van der Waals surface area contributed by atoms with Crippen LogP contribution >= 0.6 is 0 Å². The highest BCUT2D eigenvalue weighted by Gasteiger charge is 2.43. The second-order valence-electron chi connectivity index (χ2n) is 4.65. The number of carbonyl (C=O) groups excluding carboxylic acids is 1. The number of hydrogen-bond acceptors (Lipinski definition) is 2. The van der Waals surface area contributed by atoms with E-state index in [1.165, 1.54) is 4.90 Å². The number of carboxylic acid groups (broad SMARTS) is 1. The smallest absolute Gasteiger partial charge is 0.329 e. The molecule has 1 aliphatic rings. The van der Waals surface area contributed by atoms with Crippen molar-refractivity contribution in [2.45, 2.75) is 44.6 Å². The minimum Gasteiger partial charge on any atom is -0.480 e. The van der Waals surface area contributed by atoms with Gasteiger partial charge in [0.05, 0.1) is 6.54 Å². The normalized spacial score (nSPS) is 16.9. The molecule has 5 nitrogen and oxygen atoms in total. The first-order valence-corrected chi connectivity index (χ1v) is 6.29. The Hall–Kier alpha value is -1.70. The van der Waals surface area contributed by atoms with E-state index in [2.05, 4.69) is 11.2 Å². The molecule has 5 heteroatoms. The number of nitrogens with one attached hydrogen (secondary N) is 1. The summed E-state index contributed by atoms with van der Waals surface area (Å²) in [5.41, 5.74) is -1.10. The van der Waals surface area contributed by atoms with Gasteiger partial charge in [-0.3, -0.25) is 0 Å². The number of urea groups is 1. The SMILES string of the molecule is C#CCN(CCC)C(=O)NC1(C(=O)O)CCCC1. The van der Waals surface area contributed by atoms with Crippen molar-refractivity contribution in [1.82, 2.24) is 10.2 Å². The summed E-state index contributed by atoms with van der Waals surface area (Å²) in [6.45, 7) is 2.68. The van der Waals surface area contributed by atoms with E-state index in [4.69, 9.17) is 6.42 Å². The molecule has 100 valence electrons. The fourth-order valence-corrected chi connectivity index (χ4v) is 2.29. The van der Waals surface area contributed by atoms with Gasteiger partial charge in [0.2, 0.25) is 0 Å². The Kier molecular flexibility index (Phi) is 5.02. The van der Waals surface area contributed by atoms with Gasteiger partial charge in [0.15, 0.2) is 0 Å². The third-order valence-corrected chi connectivity index (χ3v) is 3.28. The van der Waals surface area contributed by atoms with Gasteiger partial charge < -0.3 is 15.3 Å². The average molecular weight is 252 g/mol. The summed E-state index contributed by atoms with van der Waals surface area (Å²) in [5, 5.41) is 11.9. The summed E-state index contributed by atoms with van der Waals surface area (Å²) >= 11 is 0. The monoisotopic (exact) mass is 252 g/mol. The van der Waals surface area contributed by atoms with E-state index < -0.39 is 11.5 Å². The molecule has 1 rings (SSSR count). The first-order chi connectivity index (χ1) is 8.55. The van der Waals surface area contributed by atoms with E-state index in [1.807, 2.05) is 6.92 Å². The molecule has 0 heterocycles. The zero-order valence-corrected chi connectivity index (χ0v) is 10.7. The lowest BCUT2D eigenvalue weighted by Gasteiger charge is -2.29. The van der Waals surface area contributed by atoms with E-state index in [0.717, 1.165) is 19.3 Å². The first kappa shape index (κ1) is 14.4. The van der Waals surface area contributed by atoms with Gasteiger partial charge in [-0.05, 0) is 19.3 Å². The fraction of sp³-hybridized carbons (Fsp3) is 0.692. The van der Waals surface area contributed by atoms with Crippen molar-refractivity contribution in [3.05, 3.63) is 0 Å². The van der Waals surface area contributed by atoms with Gasteiger partial charge in [0.25, 0.3) is 0 Å². The number of carboxylic acids is 1. The first-order valence-electron chi connectivity index (χ1n) is 6.29. The molecule has 2 N–H and O–H groups in total. The predicted molar refractivity (Wildman–Crippen MR) is 68.1 cm³/mol. The number of aliphatic carboxylic acids is 1. The molecule has 0 bridgehead atoms. The van der Waals surface area contributed by atoms with E-state index in [0.29, 0.717) is 19.4 Å². The van der Waals surface area contributed by atoms with Crippen LogP contribution in [0.4, 0.5) is 4.79 Å². The van der Waals surface area contributed by atoms with Crippen LogP contribution in [-0.2, 0) is 4.79 Å². The highest BCUT2D eigenvalue weighted by Crippen LogP contribution is 2.30. The number of nitrogens with zero attached hydrogens (tertiary/aromatic N) is 1. The summed E-state index contributed by atoms with van der Waals surface area (Å²) in [5.74, 6) is 1.46. The Bertz CT molecular complexity index is 354. The third kappa shape index (κ3) is 3.16. The van der Waals surface area contributed by atoms with E-state index in [9.17, 15) is 14.7 Å². The standard InChI is InChI=1S/C13H20N2O3/c1-3-9-15(10-4-2)12(18)14-13(11(16)17)7-5-6-8-13/h1H,4-10H2,2H3,(H,14,18)(H,16,17). The predicted octanol–water partition coefficient (Wildman–Crippen LogP) is 1.44. The van der Waals surface area contributed by atoms with Crippen LogP contribution in [0.15, 0.2) is 0 Å². The lowest BCUT2D eigenvalue weighted by molar-refractivity contribution is -0.144. The van der Waals surface area contributed by atoms with Crippen molar-refractivity contribution >= 4 is 12.0 Å². The van der Waals surface area contributed by atoms with Crippen LogP contribution < -0.4 is 5.32 Å². The van der Waals surface area contributed by atoms with Gasteiger partial charge in [-0.25, -0.2) is 9.59 Å². The van der Waals surface area contributed by atoms with Crippen molar-refractivity contribution in [2.75, 3.05) is 13.1 Å². The third-order valence-electron chi connectivity index (χ3n) is 3.28. The molecule has 0 aliphatic heterocycles. The maximum absolute atomic E-state index is 12.0. The summed E-state index contributed by atoms with van der Waals surface area (Å²) in [4.78, 5) is 24.8. The van der Waals surface area contributed by atoms with E-state index in [-0.39, 0.29) is 12.6 Å². The fourth-order valence-electron chi connectivity index (χ4n) is 2.29. The van der Waals surface area contributed by atoms with Gasteiger partial charge in [-0.2, -0.15) is 0 Å². The molecule has 1 fully saturated rings. The second kappa shape index (κ2) is 6.29. The van der Waals surface area contributed by atoms with E-state index >= 15 is 0 Å². The van der Waals surface area contributed by atoms with Crippen molar-refractivity contribution in [3.63, 3.8) is 0 Å². The van der Waals surface area contributed by atoms with Crippen LogP contribution in [-0.4, -0.2) is 40.6 Å². The van der Waals surface area contributed by atoms with Crippen molar-refractivity contribution < 1.29 is 14.7 Å². The Morgan fingerprint density at radius 1 is 1.44 bits per heavy atom. The Morgan fingerprint density at radius 2 is 2.06 bits per heavy atom. The molecular formula is C13H20N2O3. The van der Waals surface area contributed by atoms with Crippen LogP contribution in [0.5, 0.6) is 0 Å². The molecule has 0 spiro atoms. The molecular weight excluding hydrogens is 232 g/mol. The molecule has 1 aliphatic carbocycles. The lowest BCUT2D eigenvalue weighted by atomic mass is 9.98. The summed E-state index contributed by atoms with van der Waals surface area (Å²) in [7, 11) is 0. The van der Waals surface area contributed by atoms with Crippen LogP contribution in [0.1, 0.15) is 39.0 Å². The molecule has 1 saturated carbocycles. The molecule has 0 aromatic rings. The molecule has 0 unspecified atom stereocenters. The Balaban J connectivity index is 2.71. The molecule has 0 saturated heterocycles. The number of amides is 2. The van der Waals surface area contributed by atoms with Crippen LogP contribution in [0.3, 0.4) is 0 Å². The molecule has 2 amide bonds. The summed E-state index contributed by atoms with van der Waals surface area (Å²) < 4.78 is 0. The molecule has 0 atom stereocenters. The maximum Gasteiger partial charge on any atom is 0.329 e. The molecule has 0 radical (unpaired) electrons. The number of carbonyl (C=O) groups is 2. The second-order valence-corrected chi connectivity index (χ2v) is 4.65. The summed E-state index contributed by atoms with van der Waals surface area (Å²) in [6, 6.07) is -0.376. The Morgan fingerprint density at radius 3 is 2.50 bits per heavy atom. The van der Waals surface area contributed by atoms with Crippen molar-refractivity contribution in [2.24, 2.45) is 0 Å². The van der Waals surface area contributed by atoms with Crippen molar-refractivity contribution in [3.8, 4) is 12.3 Å². The molecule has 18 heavy (non-hydrogen) atoms. The zero-order valence-electron chi connectivity index (χ0n) is 10.7. The van der Waals surface area contributed by atoms with Crippen LogP contribution in [0.25, 0.3) is 0 Å². The number of rotatable bonds is 5. The maximum atomic E-state index is 12.0. The van der Waals surface area contributed by atoms with E-state index in [1.54, 1.807) is 0 Å². The highest BCUT2D eigenvalue weighted by molar-refractivity contribution is 5.86. The quantitative estimate of drug-likeness (QED) is 0.727. The van der Waals surface area contributed by atoms with Crippen molar-refractivity contribution in [1.29, 1.82) is 0 Å². The lowest BCUT2D eigenvalue weighted by Crippen LogP contribution is -2.56. The average Bonchev–Trinajstić information content (AvgIpc) is 2.78. The van der Waals surface area contributed by atoms with Gasteiger partial charge in [0, 0.05) is 6.54 Å². The molecule has 0 aromatic carbocycles. The van der Waals surface area contributed by atoms with Gasteiger partial charge in [-0.1, -0.05) is 25.7 Å². The van der Waals surface area contributed by atoms with Crippen LogP contribution in [0, 0.1) is 12.3 Å². The summed E-state index contributed by atoms with van der Waals surface area (Å²) in [6.07, 6.45) is 8.64. The van der Waals surface area contributed by atoms with Crippen LogP contribution in [0.2, 0.25) is 0 Å². The highest BCUT2D eigenvalue weighted by atomic mass is 16.4. The zero-order chi connectivity index (χ0) is 13.6.